The number of rotatable bonds is 3. The predicted octanol–water partition coefficient (Wildman–Crippen LogP) is 1.42. The Bertz CT molecular complexity index is 828. The van der Waals surface area contributed by atoms with Crippen LogP contribution in [-0.2, 0) is 11.3 Å². The number of aromatic nitrogens is 1. The van der Waals surface area contributed by atoms with Crippen LogP contribution in [0.2, 0.25) is 0 Å². The van der Waals surface area contributed by atoms with E-state index < -0.39 is 0 Å². The van der Waals surface area contributed by atoms with Crippen molar-refractivity contribution in [3.05, 3.63) is 58.5 Å². The van der Waals surface area contributed by atoms with Crippen molar-refractivity contribution in [3.63, 3.8) is 0 Å². The summed E-state index contributed by atoms with van der Waals surface area (Å²) in [4.78, 5) is 26.0. The van der Waals surface area contributed by atoms with E-state index in [1.165, 1.54) is 0 Å². The van der Waals surface area contributed by atoms with Crippen molar-refractivity contribution in [2.75, 3.05) is 19.6 Å². The molecule has 4 rings (SSSR count). The Hall–Kier alpha value is -2.40. The normalized spacial score (nSPS) is 22.8. The average Bonchev–Trinajstić information content (AvgIpc) is 2.56. The van der Waals surface area contributed by atoms with Crippen LogP contribution in [-0.4, -0.2) is 35.0 Å². The Morgan fingerprint density at radius 3 is 2.62 bits per heavy atom. The molecule has 2 bridgehead atoms. The largest absolute Gasteiger partial charge is 0.369 e. The average molecular weight is 323 g/mol. The zero-order valence-corrected chi connectivity index (χ0v) is 13.5. The molecule has 124 valence electrons. The van der Waals surface area contributed by atoms with Crippen LogP contribution >= 0.6 is 0 Å². The Kier molecular flexibility index (Phi) is 3.73. The van der Waals surface area contributed by atoms with Crippen LogP contribution in [0.1, 0.15) is 18.0 Å². The van der Waals surface area contributed by atoms with Gasteiger partial charge in [-0.05, 0) is 29.5 Å². The molecular formula is C19H21N3O2. The van der Waals surface area contributed by atoms with Crippen LogP contribution in [0.5, 0.6) is 0 Å². The molecule has 0 radical (unpaired) electrons. The molecule has 2 aliphatic heterocycles. The number of carbonyl (C=O) groups excluding carboxylic acids is 1. The molecule has 0 saturated carbocycles. The van der Waals surface area contributed by atoms with Gasteiger partial charge in [-0.15, -0.1) is 0 Å². The van der Waals surface area contributed by atoms with Gasteiger partial charge in [-0.25, -0.2) is 0 Å². The number of benzene rings is 1. The van der Waals surface area contributed by atoms with Crippen molar-refractivity contribution < 1.29 is 4.79 Å². The highest BCUT2D eigenvalue weighted by molar-refractivity contribution is 5.76. The first kappa shape index (κ1) is 15.1. The van der Waals surface area contributed by atoms with Crippen molar-refractivity contribution in [2.45, 2.75) is 18.9 Å². The maximum atomic E-state index is 12.6. The van der Waals surface area contributed by atoms with Crippen molar-refractivity contribution >= 4 is 5.91 Å². The number of carbonyl (C=O) groups is 1. The lowest BCUT2D eigenvalue weighted by Gasteiger charge is -2.42. The summed E-state index contributed by atoms with van der Waals surface area (Å²) in [6, 6.07) is 13.9. The first-order valence-electron chi connectivity index (χ1n) is 8.41. The van der Waals surface area contributed by atoms with Crippen molar-refractivity contribution in [1.29, 1.82) is 0 Å². The van der Waals surface area contributed by atoms with Crippen LogP contribution in [0.15, 0.2) is 47.3 Å². The van der Waals surface area contributed by atoms with Gasteiger partial charge in [-0.2, -0.15) is 0 Å². The highest BCUT2D eigenvalue weighted by Crippen LogP contribution is 2.36. The number of nitrogens with two attached hydrogens (primary N) is 1. The molecular weight excluding hydrogens is 302 g/mol. The number of hydrogen-bond acceptors (Lipinski definition) is 3. The first-order chi connectivity index (χ1) is 11.6. The van der Waals surface area contributed by atoms with E-state index in [-0.39, 0.29) is 17.4 Å². The fourth-order valence-corrected chi connectivity index (χ4v) is 4.21. The topological polar surface area (TPSA) is 68.3 Å². The lowest BCUT2D eigenvalue weighted by Crippen LogP contribution is -2.49. The first-order valence-corrected chi connectivity index (χ1v) is 8.41. The molecule has 1 aromatic carbocycles. The van der Waals surface area contributed by atoms with Gasteiger partial charge in [0.2, 0.25) is 5.91 Å². The van der Waals surface area contributed by atoms with Crippen molar-refractivity contribution in [2.24, 2.45) is 11.7 Å². The van der Waals surface area contributed by atoms with Gasteiger partial charge >= 0.3 is 0 Å². The molecule has 5 nitrogen and oxygen atoms in total. The van der Waals surface area contributed by atoms with Gasteiger partial charge in [0, 0.05) is 37.3 Å². The molecule has 1 aromatic heterocycles. The third kappa shape index (κ3) is 2.76. The van der Waals surface area contributed by atoms with E-state index in [2.05, 4.69) is 11.0 Å². The Balaban J connectivity index is 1.72. The molecule has 1 amide bonds. The van der Waals surface area contributed by atoms with Gasteiger partial charge in [-0.1, -0.05) is 30.3 Å². The van der Waals surface area contributed by atoms with Crippen molar-refractivity contribution in [3.8, 4) is 11.1 Å². The highest BCUT2D eigenvalue weighted by Gasteiger charge is 2.35. The van der Waals surface area contributed by atoms with E-state index >= 15 is 0 Å². The van der Waals surface area contributed by atoms with Gasteiger partial charge in [-0.3, -0.25) is 14.5 Å². The Morgan fingerprint density at radius 1 is 1.08 bits per heavy atom. The molecule has 3 heterocycles. The SMILES string of the molecule is NC(=O)CN1C[C@@H]2C[C@H](C1)c1cc(-c3ccccc3)cc(=O)n1C2. The molecule has 0 aliphatic carbocycles. The van der Waals surface area contributed by atoms with Crippen molar-refractivity contribution in [1.82, 2.24) is 9.47 Å². The fourth-order valence-electron chi connectivity index (χ4n) is 4.21. The third-order valence-corrected chi connectivity index (χ3v) is 5.12. The molecule has 2 N–H and O–H groups in total. The minimum absolute atomic E-state index is 0.0735. The minimum atomic E-state index is -0.287. The van der Waals surface area contributed by atoms with E-state index in [1.807, 2.05) is 34.9 Å². The zero-order valence-electron chi connectivity index (χ0n) is 13.5. The van der Waals surface area contributed by atoms with Gasteiger partial charge in [0.05, 0.1) is 6.54 Å². The van der Waals surface area contributed by atoms with Crippen LogP contribution in [0.25, 0.3) is 11.1 Å². The maximum Gasteiger partial charge on any atom is 0.251 e. The predicted molar refractivity (Wildman–Crippen MR) is 92.6 cm³/mol. The van der Waals surface area contributed by atoms with Gasteiger partial charge < -0.3 is 10.3 Å². The summed E-state index contributed by atoms with van der Waals surface area (Å²) >= 11 is 0. The van der Waals surface area contributed by atoms with Gasteiger partial charge in [0.1, 0.15) is 0 Å². The second-order valence-corrected chi connectivity index (χ2v) is 6.94. The van der Waals surface area contributed by atoms with Crippen LogP contribution < -0.4 is 11.3 Å². The number of fused-ring (bicyclic) bond motifs is 4. The summed E-state index contributed by atoms with van der Waals surface area (Å²) in [6.07, 6.45) is 1.08. The highest BCUT2D eigenvalue weighted by atomic mass is 16.1. The molecule has 2 aliphatic rings. The standard InChI is InChI=1S/C19H21N3O2/c20-18(23)12-21-9-13-6-16(11-21)17-7-15(8-19(24)22(17)10-13)14-4-2-1-3-5-14/h1-5,7-8,13,16H,6,9-12H2,(H2,20,23)/t13-,16+/m0/s1. The van der Waals surface area contributed by atoms with Crippen LogP contribution in [0.4, 0.5) is 0 Å². The third-order valence-electron chi connectivity index (χ3n) is 5.12. The second-order valence-electron chi connectivity index (χ2n) is 6.94. The molecule has 2 atom stereocenters. The Labute approximate surface area is 140 Å². The molecule has 2 aromatic rings. The summed E-state index contributed by atoms with van der Waals surface area (Å²) in [5.74, 6) is 0.412. The lowest BCUT2D eigenvalue weighted by molar-refractivity contribution is -0.119. The minimum Gasteiger partial charge on any atom is -0.369 e. The second kappa shape index (κ2) is 5.91. The molecule has 1 fully saturated rings. The summed E-state index contributed by atoms with van der Waals surface area (Å²) in [5, 5.41) is 0. The summed E-state index contributed by atoms with van der Waals surface area (Å²) in [6.45, 7) is 2.66. The lowest BCUT2D eigenvalue weighted by atomic mass is 9.82. The Morgan fingerprint density at radius 2 is 1.88 bits per heavy atom. The number of amides is 1. The summed E-state index contributed by atoms with van der Waals surface area (Å²) < 4.78 is 1.92. The molecule has 0 unspecified atom stereocenters. The fraction of sp³-hybridized carbons (Fsp3) is 0.368. The summed E-state index contributed by atoms with van der Waals surface area (Å²) in [7, 11) is 0. The number of nitrogens with zero attached hydrogens (tertiary/aromatic N) is 2. The molecule has 0 spiro atoms. The van der Waals surface area contributed by atoms with E-state index in [1.54, 1.807) is 6.07 Å². The number of primary amides is 1. The molecule has 24 heavy (non-hydrogen) atoms. The van der Waals surface area contributed by atoms with E-state index in [0.717, 1.165) is 42.9 Å². The van der Waals surface area contributed by atoms with Crippen LogP contribution in [0.3, 0.4) is 0 Å². The molecule has 5 heteroatoms. The number of hydrogen-bond donors (Lipinski definition) is 1. The molecule has 1 saturated heterocycles. The number of pyridine rings is 1. The zero-order chi connectivity index (χ0) is 16.7. The van der Waals surface area contributed by atoms with E-state index in [0.29, 0.717) is 12.5 Å². The number of piperidine rings is 1. The van der Waals surface area contributed by atoms with Gasteiger partial charge in [0.15, 0.2) is 0 Å². The van der Waals surface area contributed by atoms with E-state index in [4.69, 9.17) is 5.73 Å². The quantitative estimate of drug-likeness (QED) is 0.929. The summed E-state index contributed by atoms with van der Waals surface area (Å²) in [5.41, 5.74) is 8.55. The monoisotopic (exact) mass is 323 g/mol. The van der Waals surface area contributed by atoms with Crippen LogP contribution in [0, 0.1) is 5.92 Å². The van der Waals surface area contributed by atoms with E-state index in [9.17, 15) is 9.59 Å². The smallest absolute Gasteiger partial charge is 0.251 e. The van der Waals surface area contributed by atoms with Gasteiger partial charge in [0.25, 0.3) is 5.56 Å². The maximum absolute atomic E-state index is 12.6. The number of likely N-dealkylation sites (tertiary alicyclic amines) is 1.